The minimum atomic E-state index is -0.283. The smallest absolute Gasteiger partial charge is 0.295 e. The maximum absolute atomic E-state index is 11.4. The Morgan fingerprint density at radius 3 is 3.24 bits per heavy atom. The van der Waals surface area contributed by atoms with Gasteiger partial charge in [-0.3, -0.25) is 4.79 Å². The van der Waals surface area contributed by atoms with Gasteiger partial charge in [-0.25, -0.2) is 4.98 Å². The molecule has 1 unspecified atom stereocenters. The molecule has 0 aromatic carbocycles. The van der Waals surface area contributed by atoms with Gasteiger partial charge in [0.2, 0.25) is 5.75 Å². The van der Waals surface area contributed by atoms with Gasteiger partial charge in [-0.05, 0) is 19.3 Å². The van der Waals surface area contributed by atoms with E-state index in [-0.39, 0.29) is 17.4 Å². The molecule has 0 amide bonds. The molecule has 17 heavy (non-hydrogen) atoms. The molecular weight excluding hydrogens is 222 g/mol. The van der Waals surface area contributed by atoms with Gasteiger partial charge in [0, 0.05) is 13.2 Å². The number of nitrogens with zero attached hydrogens (tertiary/aromatic N) is 1. The predicted octanol–water partition coefficient (Wildman–Crippen LogP) is 0.759. The van der Waals surface area contributed by atoms with E-state index in [1.807, 2.05) is 0 Å². The first-order valence-corrected chi connectivity index (χ1v) is 5.78. The molecule has 0 spiro atoms. The molecule has 1 atom stereocenters. The average molecular weight is 239 g/mol. The van der Waals surface area contributed by atoms with E-state index in [1.54, 1.807) is 0 Å². The zero-order chi connectivity index (χ0) is 12.1. The molecule has 1 saturated heterocycles. The lowest BCUT2D eigenvalue weighted by molar-refractivity contribution is 0.0247. The summed E-state index contributed by atoms with van der Waals surface area (Å²) >= 11 is 0. The predicted molar refractivity (Wildman–Crippen MR) is 63.5 cm³/mol. The van der Waals surface area contributed by atoms with Gasteiger partial charge in [-0.15, -0.1) is 0 Å². The second-order valence-electron chi connectivity index (χ2n) is 3.98. The highest BCUT2D eigenvalue weighted by atomic mass is 16.5. The molecule has 0 radical (unpaired) electrons. The highest BCUT2D eigenvalue weighted by Crippen LogP contribution is 2.17. The van der Waals surface area contributed by atoms with Crippen molar-refractivity contribution >= 4 is 5.82 Å². The molecule has 94 valence electrons. The molecule has 2 N–H and O–H groups in total. The number of aromatic amines is 1. The Hall–Kier alpha value is -1.56. The summed E-state index contributed by atoms with van der Waals surface area (Å²) in [6.07, 6.45) is 4.90. The van der Waals surface area contributed by atoms with Crippen molar-refractivity contribution in [2.45, 2.75) is 25.4 Å². The van der Waals surface area contributed by atoms with Gasteiger partial charge in [0.05, 0.1) is 19.5 Å². The number of nitrogens with one attached hydrogen (secondary N) is 2. The summed E-state index contributed by atoms with van der Waals surface area (Å²) < 4.78 is 10.6. The molecule has 2 rings (SSSR count). The number of rotatable bonds is 4. The topological polar surface area (TPSA) is 76.2 Å². The molecule has 1 aliphatic rings. The first kappa shape index (κ1) is 11.9. The zero-order valence-electron chi connectivity index (χ0n) is 9.86. The summed E-state index contributed by atoms with van der Waals surface area (Å²) in [7, 11) is 1.45. The quantitative estimate of drug-likeness (QED) is 0.811. The number of hydrogen-bond donors (Lipinski definition) is 2. The lowest BCUT2D eigenvalue weighted by Crippen LogP contribution is -2.28. The third-order valence-corrected chi connectivity index (χ3v) is 2.79. The van der Waals surface area contributed by atoms with Crippen molar-refractivity contribution in [1.29, 1.82) is 0 Å². The molecule has 0 bridgehead atoms. The summed E-state index contributed by atoms with van der Waals surface area (Å²) in [5, 5.41) is 3.09. The Morgan fingerprint density at radius 2 is 2.53 bits per heavy atom. The molecule has 0 aliphatic carbocycles. The van der Waals surface area contributed by atoms with Crippen LogP contribution in [0.1, 0.15) is 19.3 Å². The van der Waals surface area contributed by atoms with Crippen LogP contribution in [0.3, 0.4) is 0 Å². The van der Waals surface area contributed by atoms with Crippen LogP contribution in [-0.2, 0) is 4.74 Å². The number of anilines is 1. The molecule has 1 fully saturated rings. The molecule has 0 saturated carbocycles. The van der Waals surface area contributed by atoms with Crippen LogP contribution < -0.4 is 15.6 Å². The zero-order valence-corrected chi connectivity index (χ0v) is 9.86. The van der Waals surface area contributed by atoms with E-state index in [4.69, 9.17) is 9.47 Å². The summed E-state index contributed by atoms with van der Waals surface area (Å²) in [4.78, 5) is 17.9. The van der Waals surface area contributed by atoms with E-state index in [9.17, 15) is 4.79 Å². The fourth-order valence-electron chi connectivity index (χ4n) is 1.88. The van der Waals surface area contributed by atoms with Crippen LogP contribution in [0.4, 0.5) is 5.82 Å². The normalized spacial score (nSPS) is 19.9. The van der Waals surface area contributed by atoms with Crippen molar-refractivity contribution < 1.29 is 9.47 Å². The van der Waals surface area contributed by atoms with Crippen LogP contribution in [0.5, 0.6) is 5.75 Å². The van der Waals surface area contributed by atoms with Gasteiger partial charge in [-0.2, -0.15) is 0 Å². The van der Waals surface area contributed by atoms with Crippen LogP contribution in [0.15, 0.2) is 11.1 Å². The van der Waals surface area contributed by atoms with Gasteiger partial charge in [0.25, 0.3) is 5.56 Å². The minimum Gasteiger partial charge on any atom is -0.489 e. The minimum absolute atomic E-state index is 0.189. The molecular formula is C11H17N3O3. The van der Waals surface area contributed by atoms with E-state index in [0.717, 1.165) is 19.4 Å². The lowest BCUT2D eigenvalue weighted by atomic mass is 10.1. The van der Waals surface area contributed by atoms with Gasteiger partial charge in [-0.1, -0.05) is 0 Å². The number of hydrogen-bond acceptors (Lipinski definition) is 5. The Kier molecular flexibility index (Phi) is 3.98. The molecule has 6 nitrogen and oxygen atoms in total. The highest BCUT2D eigenvalue weighted by molar-refractivity contribution is 5.47. The Balaban J connectivity index is 1.98. The lowest BCUT2D eigenvalue weighted by Gasteiger charge is -2.23. The third-order valence-electron chi connectivity index (χ3n) is 2.79. The maximum Gasteiger partial charge on any atom is 0.295 e. The van der Waals surface area contributed by atoms with Crippen LogP contribution >= 0.6 is 0 Å². The van der Waals surface area contributed by atoms with Crippen molar-refractivity contribution in [3.63, 3.8) is 0 Å². The Labute approximate surface area is 99.4 Å². The standard InChI is InChI=1S/C11H17N3O3/c1-16-9-10(13-7-14-11(9)15)12-6-8-4-2-3-5-17-8/h7-8H,2-6H2,1H3,(H2,12,13,14,15). The number of H-pyrrole nitrogens is 1. The first-order valence-electron chi connectivity index (χ1n) is 5.78. The number of methoxy groups -OCH3 is 1. The second kappa shape index (κ2) is 5.67. The second-order valence-corrected chi connectivity index (χ2v) is 3.98. The average Bonchev–Trinajstić information content (AvgIpc) is 2.37. The maximum atomic E-state index is 11.4. The van der Waals surface area contributed by atoms with E-state index < -0.39 is 0 Å². The van der Waals surface area contributed by atoms with Gasteiger partial charge >= 0.3 is 0 Å². The number of ether oxygens (including phenoxy) is 2. The Bertz CT molecular complexity index is 413. The van der Waals surface area contributed by atoms with Crippen molar-refractivity contribution in [2.75, 3.05) is 25.6 Å². The van der Waals surface area contributed by atoms with E-state index >= 15 is 0 Å². The molecule has 1 aliphatic heterocycles. The highest BCUT2D eigenvalue weighted by Gasteiger charge is 2.15. The molecule has 2 heterocycles. The fourth-order valence-corrected chi connectivity index (χ4v) is 1.88. The molecule has 6 heteroatoms. The van der Waals surface area contributed by atoms with Crippen molar-refractivity contribution in [3.05, 3.63) is 16.7 Å². The largest absolute Gasteiger partial charge is 0.489 e. The third kappa shape index (κ3) is 2.97. The van der Waals surface area contributed by atoms with E-state index in [0.29, 0.717) is 12.4 Å². The monoisotopic (exact) mass is 239 g/mol. The summed E-state index contributed by atoms with van der Waals surface area (Å²) in [6, 6.07) is 0. The van der Waals surface area contributed by atoms with Crippen molar-refractivity contribution in [3.8, 4) is 5.75 Å². The summed E-state index contributed by atoms with van der Waals surface area (Å²) in [6.45, 7) is 1.46. The van der Waals surface area contributed by atoms with Crippen LogP contribution in [0.2, 0.25) is 0 Å². The first-order chi connectivity index (χ1) is 8.31. The SMILES string of the molecule is COc1c(NCC2CCCCO2)nc[nH]c1=O. The van der Waals surface area contributed by atoms with Crippen LogP contribution in [-0.4, -0.2) is 36.3 Å². The molecule has 1 aromatic rings. The number of aromatic nitrogens is 2. The summed E-state index contributed by atoms with van der Waals surface area (Å²) in [5.41, 5.74) is -0.283. The summed E-state index contributed by atoms with van der Waals surface area (Å²) in [5.74, 6) is 0.675. The van der Waals surface area contributed by atoms with Gasteiger partial charge in [0.1, 0.15) is 0 Å². The fraction of sp³-hybridized carbons (Fsp3) is 0.636. The Morgan fingerprint density at radius 1 is 1.65 bits per heavy atom. The van der Waals surface area contributed by atoms with Gasteiger partial charge < -0.3 is 19.8 Å². The van der Waals surface area contributed by atoms with Crippen molar-refractivity contribution in [1.82, 2.24) is 9.97 Å². The molecule has 1 aromatic heterocycles. The van der Waals surface area contributed by atoms with Crippen LogP contribution in [0.25, 0.3) is 0 Å². The van der Waals surface area contributed by atoms with E-state index in [2.05, 4.69) is 15.3 Å². The van der Waals surface area contributed by atoms with Gasteiger partial charge in [0.15, 0.2) is 5.82 Å². The van der Waals surface area contributed by atoms with E-state index in [1.165, 1.54) is 19.9 Å². The van der Waals surface area contributed by atoms with Crippen molar-refractivity contribution in [2.24, 2.45) is 0 Å². The van der Waals surface area contributed by atoms with Crippen LogP contribution in [0, 0.1) is 0 Å².